The van der Waals surface area contributed by atoms with Crippen molar-refractivity contribution in [3.05, 3.63) is 53.3 Å². The quantitative estimate of drug-likeness (QED) is 0.370. The largest absolute Gasteiger partial charge is 0.468 e. The molecular weight excluding hydrogens is 368 g/mol. The van der Waals surface area contributed by atoms with E-state index in [-0.39, 0.29) is 6.61 Å². The van der Waals surface area contributed by atoms with Gasteiger partial charge in [0.1, 0.15) is 12.5 Å². The summed E-state index contributed by atoms with van der Waals surface area (Å²) >= 11 is 0. The number of aromatic nitrogens is 2. The van der Waals surface area contributed by atoms with Crippen molar-refractivity contribution in [3.8, 4) is 11.8 Å². The normalized spacial score (nSPS) is 11.3. The van der Waals surface area contributed by atoms with Crippen molar-refractivity contribution in [1.82, 2.24) is 9.78 Å². The van der Waals surface area contributed by atoms with Crippen molar-refractivity contribution < 1.29 is 19.1 Å². The Kier molecular flexibility index (Phi) is 8.97. The van der Waals surface area contributed by atoms with Crippen LogP contribution in [0.25, 0.3) is 0 Å². The summed E-state index contributed by atoms with van der Waals surface area (Å²) in [6, 6.07) is 9.36. The molecule has 2 aromatic rings. The average molecular weight is 396 g/mol. The topological polar surface area (TPSA) is 70.4 Å². The lowest BCUT2D eigenvalue weighted by Crippen LogP contribution is -2.17. The third kappa shape index (κ3) is 7.11. The van der Waals surface area contributed by atoms with E-state index in [4.69, 9.17) is 9.47 Å². The van der Waals surface area contributed by atoms with E-state index in [0.29, 0.717) is 12.8 Å². The fourth-order valence-corrected chi connectivity index (χ4v) is 2.98. The molecule has 6 heteroatoms. The predicted molar refractivity (Wildman–Crippen MR) is 110 cm³/mol. The molecule has 0 saturated heterocycles. The van der Waals surface area contributed by atoms with Crippen molar-refractivity contribution in [2.75, 3.05) is 7.11 Å². The maximum Gasteiger partial charge on any atom is 0.384 e. The van der Waals surface area contributed by atoms with Gasteiger partial charge in [-0.25, -0.2) is 4.79 Å². The number of esters is 2. The summed E-state index contributed by atoms with van der Waals surface area (Å²) in [5.74, 6) is 3.34. The summed E-state index contributed by atoms with van der Waals surface area (Å²) in [5.41, 5.74) is 3.15. The lowest BCUT2D eigenvalue weighted by Gasteiger charge is -2.10. The maximum atomic E-state index is 12.1. The first-order valence-electron chi connectivity index (χ1n) is 9.85. The number of aryl methyl sites for hydroxylation is 2. The van der Waals surface area contributed by atoms with Crippen LogP contribution >= 0.6 is 0 Å². The molecule has 154 valence electrons. The summed E-state index contributed by atoms with van der Waals surface area (Å²) < 4.78 is 11.8. The van der Waals surface area contributed by atoms with Gasteiger partial charge in [-0.2, -0.15) is 5.10 Å². The highest BCUT2D eigenvalue weighted by molar-refractivity contribution is 5.89. The van der Waals surface area contributed by atoms with E-state index in [0.717, 1.165) is 30.5 Å². The van der Waals surface area contributed by atoms with E-state index in [1.165, 1.54) is 12.7 Å². The predicted octanol–water partition coefficient (Wildman–Crippen LogP) is 3.23. The van der Waals surface area contributed by atoms with Crippen molar-refractivity contribution in [1.29, 1.82) is 0 Å². The monoisotopic (exact) mass is 396 g/mol. The lowest BCUT2D eigenvalue weighted by atomic mass is 9.99. The number of methoxy groups -OCH3 is 1. The molecule has 1 aromatic carbocycles. The zero-order chi connectivity index (χ0) is 21.1. The summed E-state index contributed by atoms with van der Waals surface area (Å²) in [6.45, 7) is 2.29. The van der Waals surface area contributed by atoms with Crippen LogP contribution in [-0.4, -0.2) is 28.8 Å². The zero-order valence-corrected chi connectivity index (χ0v) is 17.3. The average Bonchev–Trinajstić information content (AvgIpc) is 3.10. The summed E-state index contributed by atoms with van der Waals surface area (Å²) in [7, 11) is 3.21. The molecule has 0 bridgehead atoms. The first-order chi connectivity index (χ1) is 14.0. The first-order valence-corrected chi connectivity index (χ1v) is 9.85. The molecule has 0 fully saturated rings. The molecule has 0 amide bonds. The maximum absolute atomic E-state index is 12.1. The highest BCUT2D eigenvalue weighted by atomic mass is 16.5. The SMILES string of the molecule is CCCCc1cnn(C)c1CC[C@H](C#CC(=O)OCc1ccccc1)C(=O)OC. The molecule has 0 spiro atoms. The van der Waals surface area contributed by atoms with Gasteiger partial charge in [0.15, 0.2) is 0 Å². The summed E-state index contributed by atoms with van der Waals surface area (Å²) in [5, 5.41) is 4.33. The number of hydrogen-bond acceptors (Lipinski definition) is 5. The van der Waals surface area contributed by atoms with E-state index in [2.05, 4.69) is 23.9 Å². The lowest BCUT2D eigenvalue weighted by molar-refractivity contribution is -0.143. The van der Waals surface area contributed by atoms with Gasteiger partial charge in [0.05, 0.1) is 13.3 Å². The molecule has 0 radical (unpaired) electrons. The molecule has 0 N–H and O–H groups in total. The minimum atomic E-state index is -0.696. The van der Waals surface area contributed by atoms with Crippen LogP contribution in [0.5, 0.6) is 0 Å². The van der Waals surface area contributed by atoms with Crippen molar-refractivity contribution in [3.63, 3.8) is 0 Å². The Balaban J connectivity index is 1.98. The van der Waals surface area contributed by atoms with E-state index in [1.807, 2.05) is 48.3 Å². The summed E-state index contributed by atoms with van der Waals surface area (Å²) in [4.78, 5) is 24.0. The Morgan fingerprint density at radius 3 is 2.66 bits per heavy atom. The van der Waals surface area contributed by atoms with Crippen LogP contribution in [0.4, 0.5) is 0 Å². The number of carbonyl (C=O) groups is 2. The van der Waals surface area contributed by atoms with E-state index < -0.39 is 17.9 Å². The Bertz CT molecular complexity index is 862. The second-order valence-corrected chi connectivity index (χ2v) is 6.79. The van der Waals surface area contributed by atoms with Crippen LogP contribution in [0.2, 0.25) is 0 Å². The Hall–Kier alpha value is -3.07. The molecule has 6 nitrogen and oxygen atoms in total. The molecule has 0 aliphatic rings. The third-order valence-corrected chi connectivity index (χ3v) is 4.66. The number of unbranched alkanes of at least 4 members (excludes halogenated alkanes) is 1. The summed E-state index contributed by atoms with van der Waals surface area (Å²) in [6.07, 6.45) is 6.11. The standard InChI is InChI=1S/C23H28N2O4/c1-4-5-11-20-16-24-25(2)21(20)14-12-19(23(27)28-3)13-15-22(26)29-17-18-9-7-6-8-10-18/h6-10,16,19H,4-5,11-12,14,17H2,1-3H3/t19-/m1/s1. The van der Waals surface area contributed by atoms with Crippen molar-refractivity contribution in [2.24, 2.45) is 13.0 Å². The molecule has 1 atom stereocenters. The van der Waals surface area contributed by atoms with E-state index in [1.54, 1.807) is 0 Å². The highest BCUT2D eigenvalue weighted by Gasteiger charge is 2.19. The Morgan fingerprint density at radius 1 is 1.21 bits per heavy atom. The van der Waals surface area contributed by atoms with Crippen LogP contribution < -0.4 is 0 Å². The molecule has 1 heterocycles. The molecule has 0 aliphatic heterocycles. The second kappa shape index (κ2) is 11.7. The smallest absolute Gasteiger partial charge is 0.384 e. The van der Waals surface area contributed by atoms with Gasteiger partial charge in [0, 0.05) is 18.7 Å². The molecule has 0 unspecified atom stereocenters. The molecule has 2 rings (SSSR count). The van der Waals surface area contributed by atoms with Crippen molar-refractivity contribution >= 4 is 11.9 Å². The number of ether oxygens (including phenoxy) is 2. The minimum absolute atomic E-state index is 0.146. The van der Waals surface area contributed by atoms with Crippen LogP contribution in [0, 0.1) is 17.8 Å². The molecule has 0 aliphatic carbocycles. The van der Waals surface area contributed by atoms with Gasteiger partial charge in [-0.15, -0.1) is 0 Å². The van der Waals surface area contributed by atoms with Crippen LogP contribution in [0.15, 0.2) is 36.5 Å². The second-order valence-electron chi connectivity index (χ2n) is 6.79. The fourth-order valence-electron chi connectivity index (χ4n) is 2.98. The molecule has 1 aromatic heterocycles. The van der Waals surface area contributed by atoms with Gasteiger partial charge in [-0.1, -0.05) is 49.6 Å². The van der Waals surface area contributed by atoms with E-state index >= 15 is 0 Å². The molecular formula is C23H28N2O4. The molecule has 0 saturated carbocycles. The van der Waals surface area contributed by atoms with Gasteiger partial charge in [-0.3, -0.25) is 9.48 Å². The van der Waals surface area contributed by atoms with E-state index in [9.17, 15) is 9.59 Å². The highest BCUT2D eigenvalue weighted by Crippen LogP contribution is 2.16. The number of carbonyl (C=O) groups excluding carboxylic acids is 2. The molecule has 29 heavy (non-hydrogen) atoms. The van der Waals surface area contributed by atoms with Gasteiger partial charge < -0.3 is 9.47 Å². The van der Waals surface area contributed by atoms with Crippen LogP contribution in [0.3, 0.4) is 0 Å². The number of benzene rings is 1. The first kappa shape index (κ1) is 22.2. The zero-order valence-electron chi connectivity index (χ0n) is 17.3. The Labute approximate surface area is 172 Å². The number of nitrogens with zero attached hydrogens (tertiary/aromatic N) is 2. The fraction of sp³-hybridized carbons (Fsp3) is 0.435. The third-order valence-electron chi connectivity index (χ3n) is 4.66. The van der Waals surface area contributed by atoms with Crippen molar-refractivity contribution in [2.45, 2.75) is 45.6 Å². The number of hydrogen-bond donors (Lipinski definition) is 0. The minimum Gasteiger partial charge on any atom is -0.468 e. The van der Waals surface area contributed by atoms with Crippen LogP contribution in [-0.2, 0) is 45.6 Å². The van der Waals surface area contributed by atoms with Gasteiger partial charge in [0.25, 0.3) is 0 Å². The number of rotatable bonds is 9. The Morgan fingerprint density at radius 2 is 1.97 bits per heavy atom. The van der Waals surface area contributed by atoms with Gasteiger partial charge >= 0.3 is 11.9 Å². The van der Waals surface area contributed by atoms with Gasteiger partial charge in [-0.05, 0) is 36.8 Å². The van der Waals surface area contributed by atoms with Gasteiger partial charge in [0.2, 0.25) is 0 Å². The van der Waals surface area contributed by atoms with Crippen LogP contribution in [0.1, 0.15) is 43.0 Å².